The van der Waals surface area contributed by atoms with Crippen molar-refractivity contribution in [3.63, 3.8) is 0 Å². The SMILES string of the molecule is CN=C(NCc1ccccc1)NCc1sc(-c2ccccc2)nc1C. The summed E-state index contributed by atoms with van der Waals surface area (Å²) in [5, 5.41) is 7.77. The van der Waals surface area contributed by atoms with Gasteiger partial charge in [0.05, 0.1) is 12.2 Å². The fourth-order valence-corrected chi connectivity index (χ4v) is 3.47. The molecule has 0 spiro atoms. The van der Waals surface area contributed by atoms with E-state index in [0.29, 0.717) is 6.54 Å². The van der Waals surface area contributed by atoms with E-state index in [4.69, 9.17) is 4.98 Å². The molecule has 4 nitrogen and oxygen atoms in total. The molecule has 0 saturated heterocycles. The van der Waals surface area contributed by atoms with Crippen LogP contribution >= 0.6 is 11.3 Å². The Kier molecular flexibility index (Phi) is 5.80. The van der Waals surface area contributed by atoms with Crippen LogP contribution in [0.4, 0.5) is 0 Å². The summed E-state index contributed by atoms with van der Waals surface area (Å²) < 4.78 is 0. The van der Waals surface area contributed by atoms with Gasteiger partial charge >= 0.3 is 0 Å². The third-order valence-corrected chi connectivity index (χ3v) is 5.06. The van der Waals surface area contributed by atoms with Crippen molar-refractivity contribution in [2.45, 2.75) is 20.0 Å². The molecule has 25 heavy (non-hydrogen) atoms. The molecule has 128 valence electrons. The largest absolute Gasteiger partial charge is 0.352 e. The van der Waals surface area contributed by atoms with Crippen LogP contribution in [0.2, 0.25) is 0 Å². The lowest BCUT2D eigenvalue weighted by atomic mass is 10.2. The van der Waals surface area contributed by atoms with Crippen LogP contribution in [-0.2, 0) is 13.1 Å². The first-order valence-electron chi connectivity index (χ1n) is 8.26. The van der Waals surface area contributed by atoms with Crippen molar-refractivity contribution in [2.24, 2.45) is 4.99 Å². The first-order chi connectivity index (χ1) is 12.3. The van der Waals surface area contributed by atoms with Gasteiger partial charge in [0.1, 0.15) is 5.01 Å². The van der Waals surface area contributed by atoms with Gasteiger partial charge in [-0.25, -0.2) is 4.98 Å². The number of thiazole rings is 1. The van der Waals surface area contributed by atoms with E-state index in [0.717, 1.165) is 28.8 Å². The van der Waals surface area contributed by atoms with Crippen LogP contribution < -0.4 is 10.6 Å². The zero-order chi connectivity index (χ0) is 17.5. The van der Waals surface area contributed by atoms with E-state index in [1.165, 1.54) is 10.4 Å². The summed E-state index contributed by atoms with van der Waals surface area (Å²) in [6, 6.07) is 20.6. The Hall–Kier alpha value is -2.66. The quantitative estimate of drug-likeness (QED) is 0.540. The Morgan fingerprint density at radius 2 is 1.60 bits per heavy atom. The van der Waals surface area contributed by atoms with Gasteiger partial charge in [-0.1, -0.05) is 60.7 Å². The molecule has 0 fully saturated rings. The average Bonchev–Trinajstić information content (AvgIpc) is 3.04. The first-order valence-corrected chi connectivity index (χ1v) is 9.08. The second-order valence-electron chi connectivity index (χ2n) is 5.66. The molecule has 0 bridgehead atoms. The van der Waals surface area contributed by atoms with Crippen LogP contribution in [0.1, 0.15) is 16.1 Å². The molecule has 0 aliphatic carbocycles. The van der Waals surface area contributed by atoms with Crippen molar-refractivity contribution in [3.05, 3.63) is 76.8 Å². The molecule has 0 unspecified atom stereocenters. The van der Waals surface area contributed by atoms with Gasteiger partial charge in [-0.2, -0.15) is 0 Å². The molecule has 0 aliphatic heterocycles. The number of hydrogen-bond donors (Lipinski definition) is 2. The fourth-order valence-electron chi connectivity index (χ4n) is 2.46. The smallest absolute Gasteiger partial charge is 0.191 e. The molecule has 0 aliphatic rings. The number of nitrogens with zero attached hydrogens (tertiary/aromatic N) is 2. The summed E-state index contributed by atoms with van der Waals surface area (Å²) in [4.78, 5) is 10.2. The van der Waals surface area contributed by atoms with Crippen molar-refractivity contribution in [1.29, 1.82) is 0 Å². The molecule has 3 aromatic rings. The minimum absolute atomic E-state index is 0.713. The van der Waals surface area contributed by atoms with Gasteiger partial charge in [0.15, 0.2) is 5.96 Å². The Morgan fingerprint density at radius 1 is 0.960 bits per heavy atom. The number of guanidine groups is 1. The number of rotatable bonds is 5. The Labute approximate surface area is 152 Å². The molecular formula is C20H22N4S. The van der Waals surface area contributed by atoms with Crippen LogP contribution in [0.3, 0.4) is 0 Å². The number of aromatic nitrogens is 1. The summed E-state index contributed by atoms with van der Waals surface area (Å²) in [6.45, 7) is 3.52. The molecule has 5 heteroatoms. The van der Waals surface area contributed by atoms with Crippen LogP contribution in [0.15, 0.2) is 65.7 Å². The molecule has 0 atom stereocenters. The number of nitrogens with one attached hydrogen (secondary N) is 2. The molecule has 0 amide bonds. The highest BCUT2D eigenvalue weighted by atomic mass is 32.1. The standard InChI is InChI=1S/C20H22N4S/c1-15-18(25-19(24-15)17-11-7-4-8-12-17)14-23-20(21-2)22-13-16-9-5-3-6-10-16/h3-12H,13-14H2,1-2H3,(H2,21,22,23). The molecule has 1 aromatic heterocycles. The summed E-state index contributed by atoms with van der Waals surface area (Å²) in [6.07, 6.45) is 0. The lowest BCUT2D eigenvalue weighted by molar-refractivity contribution is 0.811. The minimum Gasteiger partial charge on any atom is -0.352 e. The van der Waals surface area contributed by atoms with Gasteiger partial charge in [-0.15, -0.1) is 11.3 Å². The Bertz CT molecular complexity index is 825. The third kappa shape index (κ3) is 4.67. The minimum atomic E-state index is 0.713. The highest BCUT2D eigenvalue weighted by Gasteiger charge is 2.09. The molecular weight excluding hydrogens is 328 g/mol. The number of benzene rings is 2. The van der Waals surface area contributed by atoms with Crippen molar-refractivity contribution in [1.82, 2.24) is 15.6 Å². The van der Waals surface area contributed by atoms with Gasteiger partial charge in [0.25, 0.3) is 0 Å². The number of aliphatic imine (C=N–C) groups is 1. The normalized spacial score (nSPS) is 11.4. The topological polar surface area (TPSA) is 49.3 Å². The zero-order valence-electron chi connectivity index (χ0n) is 14.5. The Balaban J connectivity index is 1.59. The maximum absolute atomic E-state index is 4.70. The lowest BCUT2D eigenvalue weighted by Gasteiger charge is -2.11. The fraction of sp³-hybridized carbons (Fsp3) is 0.200. The lowest BCUT2D eigenvalue weighted by Crippen LogP contribution is -2.36. The van der Waals surface area contributed by atoms with E-state index in [1.807, 2.05) is 36.4 Å². The van der Waals surface area contributed by atoms with Crippen LogP contribution in [0, 0.1) is 6.92 Å². The summed E-state index contributed by atoms with van der Waals surface area (Å²) in [7, 11) is 1.79. The van der Waals surface area contributed by atoms with E-state index in [1.54, 1.807) is 18.4 Å². The predicted octanol–water partition coefficient (Wildman–Crippen LogP) is 3.98. The van der Waals surface area contributed by atoms with Crippen LogP contribution in [-0.4, -0.2) is 18.0 Å². The van der Waals surface area contributed by atoms with E-state index < -0.39 is 0 Å². The van der Waals surface area contributed by atoms with Gasteiger partial charge in [0.2, 0.25) is 0 Å². The molecule has 3 rings (SSSR count). The van der Waals surface area contributed by atoms with Gasteiger partial charge in [-0.3, -0.25) is 4.99 Å². The van der Waals surface area contributed by atoms with E-state index in [-0.39, 0.29) is 0 Å². The second kappa shape index (κ2) is 8.44. The van der Waals surface area contributed by atoms with Crippen molar-refractivity contribution < 1.29 is 0 Å². The Morgan fingerprint density at radius 3 is 2.28 bits per heavy atom. The first kappa shape index (κ1) is 17.2. The van der Waals surface area contributed by atoms with Crippen molar-refractivity contribution >= 4 is 17.3 Å². The maximum atomic E-state index is 4.70. The van der Waals surface area contributed by atoms with Gasteiger partial charge < -0.3 is 10.6 Å². The highest BCUT2D eigenvalue weighted by molar-refractivity contribution is 7.15. The zero-order valence-corrected chi connectivity index (χ0v) is 15.3. The van der Waals surface area contributed by atoms with Crippen molar-refractivity contribution in [3.8, 4) is 10.6 Å². The highest BCUT2D eigenvalue weighted by Crippen LogP contribution is 2.27. The predicted molar refractivity (Wildman–Crippen MR) is 106 cm³/mol. The van der Waals surface area contributed by atoms with Crippen LogP contribution in [0.25, 0.3) is 10.6 Å². The van der Waals surface area contributed by atoms with E-state index in [9.17, 15) is 0 Å². The molecule has 0 saturated carbocycles. The second-order valence-corrected chi connectivity index (χ2v) is 6.74. The summed E-state index contributed by atoms with van der Waals surface area (Å²) in [5.41, 5.74) is 3.45. The maximum Gasteiger partial charge on any atom is 0.191 e. The van der Waals surface area contributed by atoms with Crippen molar-refractivity contribution in [2.75, 3.05) is 7.05 Å². The van der Waals surface area contributed by atoms with Gasteiger partial charge in [0, 0.05) is 24.0 Å². The van der Waals surface area contributed by atoms with E-state index in [2.05, 4.69) is 46.8 Å². The monoisotopic (exact) mass is 350 g/mol. The summed E-state index contributed by atoms with van der Waals surface area (Å²) >= 11 is 1.72. The summed E-state index contributed by atoms with van der Waals surface area (Å²) in [5.74, 6) is 0.790. The van der Waals surface area contributed by atoms with Crippen LogP contribution in [0.5, 0.6) is 0 Å². The number of hydrogen-bond acceptors (Lipinski definition) is 3. The third-order valence-electron chi connectivity index (χ3n) is 3.86. The van der Waals surface area contributed by atoms with E-state index >= 15 is 0 Å². The molecule has 2 aromatic carbocycles. The average molecular weight is 350 g/mol. The molecule has 2 N–H and O–H groups in total. The number of aryl methyl sites for hydroxylation is 1. The van der Waals surface area contributed by atoms with Gasteiger partial charge in [-0.05, 0) is 12.5 Å². The molecule has 0 radical (unpaired) electrons. The molecule has 1 heterocycles.